The Morgan fingerprint density at radius 3 is 2.93 bits per heavy atom. The second-order valence-corrected chi connectivity index (χ2v) is 5.01. The monoisotopic (exact) mass is 232 g/mol. The molecule has 14 heavy (non-hydrogen) atoms. The summed E-state index contributed by atoms with van der Waals surface area (Å²) in [5.74, 6) is 0. The minimum absolute atomic E-state index is 0.493. The van der Waals surface area contributed by atoms with E-state index in [-0.39, 0.29) is 0 Å². The molecule has 0 aliphatic carbocycles. The van der Waals surface area contributed by atoms with E-state index in [9.17, 15) is 5.11 Å². The third-order valence-electron chi connectivity index (χ3n) is 2.42. The number of hydrogen-bond acceptors (Lipinski definition) is 4. The number of β-amino-alcohol motifs (C(OH)–C–C–N with tert-alkyl or cyclic N) is 1. The van der Waals surface area contributed by atoms with Gasteiger partial charge in [0.2, 0.25) is 0 Å². The van der Waals surface area contributed by atoms with Crippen LogP contribution in [0.5, 0.6) is 0 Å². The molecule has 0 atom stereocenters. The van der Waals surface area contributed by atoms with Crippen LogP contribution in [-0.2, 0) is 0 Å². The van der Waals surface area contributed by atoms with Gasteiger partial charge < -0.3 is 10.0 Å². The van der Waals surface area contributed by atoms with E-state index in [4.69, 9.17) is 11.6 Å². The Hall–Kier alpha value is -0.320. The molecule has 2 heterocycles. The van der Waals surface area contributed by atoms with Gasteiger partial charge >= 0.3 is 0 Å². The van der Waals surface area contributed by atoms with Crippen LogP contribution < -0.4 is 4.90 Å². The molecule has 1 N–H and O–H groups in total. The maximum Gasteiger partial charge on any atom is 0.186 e. The molecule has 3 nitrogen and oxygen atoms in total. The first-order valence-electron chi connectivity index (χ1n) is 4.71. The summed E-state index contributed by atoms with van der Waals surface area (Å²) < 4.78 is 0. The third-order valence-corrected chi connectivity index (χ3v) is 3.64. The van der Waals surface area contributed by atoms with Crippen molar-refractivity contribution >= 4 is 28.1 Å². The lowest BCUT2D eigenvalue weighted by Crippen LogP contribution is -2.61. The van der Waals surface area contributed by atoms with Crippen LogP contribution in [0.1, 0.15) is 19.8 Å². The summed E-state index contributed by atoms with van der Waals surface area (Å²) in [5.41, 5.74) is -0.493. The second kappa shape index (κ2) is 3.68. The van der Waals surface area contributed by atoms with E-state index in [1.807, 2.05) is 5.38 Å². The Morgan fingerprint density at radius 2 is 2.43 bits per heavy atom. The topological polar surface area (TPSA) is 36.4 Å². The van der Waals surface area contributed by atoms with Crippen molar-refractivity contribution in [1.82, 2.24) is 4.98 Å². The summed E-state index contributed by atoms with van der Waals surface area (Å²) in [4.78, 5) is 6.22. The van der Waals surface area contributed by atoms with Crippen LogP contribution in [-0.4, -0.2) is 28.8 Å². The molecule has 1 aromatic heterocycles. The van der Waals surface area contributed by atoms with Gasteiger partial charge in [-0.1, -0.05) is 24.9 Å². The highest BCUT2D eigenvalue weighted by molar-refractivity contribution is 7.14. The van der Waals surface area contributed by atoms with Crippen LogP contribution in [0.25, 0.3) is 0 Å². The Labute approximate surface area is 92.3 Å². The highest BCUT2D eigenvalue weighted by Crippen LogP contribution is 2.33. The van der Waals surface area contributed by atoms with E-state index < -0.39 is 5.60 Å². The highest BCUT2D eigenvalue weighted by Gasteiger charge is 2.41. The van der Waals surface area contributed by atoms with Crippen molar-refractivity contribution in [2.75, 3.05) is 18.0 Å². The summed E-state index contributed by atoms with van der Waals surface area (Å²) in [6.45, 7) is 3.45. The number of aliphatic hydroxyl groups is 1. The van der Waals surface area contributed by atoms with Gasteiger partial charge in [0.15, 0.2) is 5.13 Å². The van der Waals surface area contributed by atoms with E-state index in [0.717, 1.165) is 18.0 Å². The van der Waals surface area contributed by atoms with E-state index in [0.29, 0.717) is 18.2 Å². The summed E-state index contributed by atoms with van der Waals surface area (Å²) in [6.07, 6.45) is 1.88. The maximum absolute atomic E-state index is 9.95. The number of anilines is 1. The summed E-state index contributed by atoms with van der Waals surface area (Å²) in [7, 11) is 0. The number of nitrogens with zero attached hydrogens (tertiary/aromatic N) is 2. The van der Waals surface area contributed by atoms with Crippen molar-refractivity contribution in [3.63, 3.8) is 0 Å². The zero-order chi connectivity index (χ0) is 10.2. The molecule has 1 fully saturated rings. The summed E-state index contributed by atoms with van der Waals surface area (Å²) in [5, 5.41) is 13.2. The average Bonchev–Trinajstić information content (AvgIpc) is 2.47. The van der Waals surface area contributed by atoms with Gasteiger partial charge in [-0.3, -0.25) is 0 Å². The minimum atomic E-state index is -0.493. The molecule has 5 heteroatoms. The van der Waals surface area contributed by atoms with Crippen LogP contribution in [0, 0.1) is 0 Å². The van der Waals surface area contributed by atoms with Crippen molar-refractivity contribution < 1.29 is 5.11 Å². The smallest absolute Gasteiger partial charge is 0.186 e. The van der Waals surface area contributed by atoms with Gasteiger partial charge in [0.25, 0.3) is 0 Å². The summed E-state index contributed by atoms with van der Waals surface area (Å²) >= 11 is 7.25. The van der Waals surface area contributed by atoms with E-state index in [2.05, 4.69) is 16.8 Å². The van der Waals surface area contributed by atoms with Crippen LogP contribution in [0.2, 0.25) is 5.15 Å². The normalized spacial score (nSPS) is 19.5. The predicted octanol–water partition coefficient (Wildman–Crippen LogP) is 2.15. The van der Waals surface area contributed by atoms with Gasteiger partial charge in [0.1, 0.15) is 5.15 Å². The number of aromatic nitrogens is 1. The lowest BCUT2D eigenvalue weighted by Gasteiger charge is -2.46. The lowest BCUT2D eigenvalue weighted by molar-refractivity contribution is 0.00338. The van der Waals surface area contributed by atoms with E-state index >= 15 is 0 Å². The first kappa shape index (κ1) is 10.2. The van der Waals surface area contributed by atoms with Crippen LogP contribution in [0.15, 0.2) is 5.38 Å². The van der Waals surface area contributed by atoms with Crippen LogP contribution >= 0.6 is 22.9 Å². The Bertz CT molecular complexity index is 322. The predicted molar refractivity (Wildman–Crippen MR) is 59.2 cm³/mol. The maximum atomic E-state index is 9.95. The molecule has 0 saturated carbocycles. The molecular formula is C9H13ClN2OS. The molecular weight excluding hydrogens is 220 g/mol. The van der Waals surface area contributed by atoms with Gasteiger partial charge in [0, 0.05) is 5.38 Å². The molecule has 0 radical (unpaired) electrons. The SMILES string of the molecule is CCCC1(O)CN(c2nc(Cl)cs2)C1. The number of halogens is 1. The van der Waals surface area contributed by atoms with Crippen LogP contribution in [0.4, 0.5) is 5.13 Å². The molecule has 1 aromatic rings. The molecule has 0 aromatic carbocycles. The number of thiazole rings is 1. The van der Waals surface area contributed by atoms with Gasteiger partial charge in [-0.05, 0) is 6.42 Å². The molecule has 1 saturated heterocycles. The molecule has 2 rings (SSSR count). The third kappa shape index (κ3) is 1.87. The zero-order valence-electron chi connectivity index (χ0n) is 8.03. The molecule has 78 valence electrons. The zero-order valence-corrected chi connectivity index (χ0v) is 9.61. The van der Waals surface area contributed by atoms with Gasteiger partial charge in [-0.25, -0.2) is 4.98 Å². The van der Waals surface area contributed by atoms with E-state index in [1.165, 1.54) is 11.3 Å². The number of hydrogen-bond donors (Lipinski definition) is 1. The minimum Gasteiger partial charge on any atom is -0.386 e. The second-order valence-electron chi connectivity index (χ2n) is 3.78. The highest BCUT2D eigenvalue weighted by atomic mass is 35.5. The number of rotatable bonds is 3. The van der Waals surface area contributed by atoms with Crippen molar-refractivity contribution in [3.8, 4) is 0 Å². The quantitative estimate of drug-likeness (QED) is 0.868. The van der Waals surface area contributed by atoms with Crippen LogP contribution in [0.3, 0.4) is 0 Å². The molecule has 1 aliphatic rings. The Kier molecular flexibility index (Phi) is 2.68. The fourth-order valence-corrected chi connectivity index (χ4v) is 2.76. The van der Waals surface area contributed by atoms with Gasteiger partial charge in [0.05, 0.1) is 18.7 Å². The van der Waals surface area contributed by atoms with Gasteiger partial charge in [-0.15, -0.1) is 11.3 Å². The summed E-state index contributed by atoms with van der Waals surface area (Å²) in [6, 6.07) is 0. The molecule has 0 amide bonds. The first-order valence-corrected chi connectivity index (χ1v) is 5.97. The molecule has 1 aliphatic heterocycles. The van der Waals surface area contributed by atoms with Gasteiger partial charge in [-0.2, -0.15) is 0 Å². The first-order chi connectivity index (χ1) is 6.63. The van der Waals surface area contributed by atoms with Crippen molar-refractivity contribution in [2.45, 2.75) is 25.4 Å². The largest absolute Gasteiger partial charge is 0.386 e. The fraction of sp³-hybridized carbons (Fsp3) is 0.667. The molecule has 0 bridgehead atoms. The van der Waals surface area contributed by atoms with Crippen molar-refractivity contribution in [1.29, 1.82) is 0 Å². The van der Waals surface area contributed by atoms with E-state index in [1.54, 1.807) is 0 Å². The Morgan fingerprint density at radius 1 is 1.71 bits per heavy atom. The molecule has 0 unspecified atom stereocenters. The molecule has 0 spiro atoms. The fourth-order valence-electron chi connectivity index (χ4n) is 1.81. The Balaban J connectivity index is 1.94. The standard InChI is InChI=1S/C9H13ClN2OS/c1-2-3-9(13)5-12(6-9)8-11-7(10)4-14-8/h4,13H,2-3,5-6H2,1H3. The van der Waals surface area contributed by atoms with Crippen molar-refractivity contribution in [3.05, 3.63) is 10.5 Å². The average molecular weight is 233 g/mol. The lowest BCUT2D eigenvalue weighted by atomic mass is 9.90. The van der Waals surface area contributed by atoms with Crippen molar-refractivity contribution in [2.24, 2.45) is 0 Å².